The number of ether oxygens (including phenoxy) is 1. The number of carboxylic acid groups (broad SMARTS) is 1. The van der Waals surface area contributed by atoms with Gasteiger partial charge < -0.3 is 15.2 Å². The van der Waals surface area contributed by atoms with Gasteiger partial charge in [-0.2, -0.15) is 5.26 Å². The van der Waals surface area contributed by atoms with E-state index < -0.39 is 18.5 Å². The summed E-state index contributed by atoms with van der Waals surface area (Å²) < 4.78 is 6.68. The Hall–Kier alpha value is -2.63. The normalized spacial score (nSPS) is 10.7. The van der Waals surface area contributed by atoms with E-state index in [1.165, 1.54) is 6.08 Å². The van der Waals surface area contributed by atoms with Crippen LogP contribution >= 0.6 is 31.9 Å². The molecule has 0 atom stereocenters. The minimum Gasteiger partial charge on any atom is -0.481 e. The Balaban J connectivity index is 2.30. The van der Waals surface area contributed by atoms with Crippen molar-refractivity contribution >= 4 is 55.5 Å². The van der Waals surface area contributed by atoms with Gasteiger partial charge in [-0.25, -0.2) is 4.79 Å². The minimum absolute atomic E-state index is 0.150. The van der Waals surface area contributed by atoms with Gasteiger partial charge in [-0.3, -0.25) is 4.79 Å². The van der Waals surface area contributed by atoms with Crippen LogP contribution in [0.25, 0.3) is 6.08 Å². The first-order valence-corrected chi connectivity index (χ1v) is 8.80. The second-order valence-corrected chi connectivity index (χ2v) is 6.83. The molecule has 0 bridgehead atoms. The molecular formula is C18H12Br2N2O4. The Kier molecular flexibility index (Phi) is 6.95. The molecule has 132 valence electrons. The summed E-state index contributed by atoms with van der Waals surface area (Å²) in [6, 6.07) is 13.7. The number of aliphatic carboxylic acids is 1. The summed E-state index contributed by atoms with van der Waals surface area (Å²) in [7, 11) is 0. The third kappa shape index (κ3) is 5.72. The number of nitriles is 1. The Morgan fingerprint density at radius 2 is 1.92 bits per heavy atom. The first-order chi connectivity index (χ1) is 12.4. The number of anilines is 1. The van der Waals surface area contributed by atoms with Crippen LogP contribution in [0, 0.1) is 11.3 Å². The lowest BCUT2D eigenvalue weighted by atomic mass is 10.1. The topological polar surface area (TPSA) is 99.4 Å². The molecule has 2 aromatic carbocycles. The van der Waals surface area contributed by atoms with Gasteiger partial charge in [-0.15, -0.1) is 0 Å². The van der Waals surface area contributed by atoms with E-state index in [0.717, 1.165) is 4.47 Å². The maximum atomic E-state index is 12.4. The monoisotopic (exact) mass is 478 g/mol. The molecule has 2 rings (SSSR count). The average molecular weight is 480 g/mol. The van der Waals surface area contributed by atoms with Crippen molar-refractivity contribution < 1.29 is 19.4 Å². The molecule has 0 aliphatic rings. The Morgan fingerprint density at radius 1 is 1.19 bits per heavy atom. The standard InChI is InChI=1S/C18H12Br2N2O4/c19-13-2-1-3-15(8-13)22-18(25)12(9-21)6-11-7-14(20)4-5-16(11)26-10-17(23)24/h1-8H,10H2,(H,22,25)(H,23,24)/b12-6-. The molecule has 26 heavy (non-hydrogen) atoms. The zero-order valence-corrected chi connectivity index (χ0v) is 16.4. The highest BCUT2D eigenvalue weighted by Gasteiger charge is 2.12. The van der Waals surface area contributed by atoms with Crippen molar-refractivity contribution in [3.63, 3.8) is 0 Å². The summed E-state index contributed by atoms with van der Waals surface area (Å²) in [5.41, 5.74) is 0.784. The summed E-state index contributed by atoms with van der Waals surface area (Å²) in [6.07, 6.45) is 1.34. The van der Waals surface area contributed by atoms with Gasteiger partial charge in [-0.1, -0.05) is 37.9 Å². The maximum absolute atomic E-state index is 12.4. The molecule has 0 aliphatic heterocycles. The van der Waals surface area contributed by atoms with Crippen LogP contribution in [-0.2, 0) is 9.59 Å². The molecule has 0 fully saturated rings. The van der Waals surface area contributed by atoms with Gasteiger partial charge in [0.15, 0.2) is 6.61 Å². The Bertz CT molecular complexity index is 920. The number of halogens is 2. The van der Waals surface area contributed by atoms with E-state index in [1.54, 1.807) is 36.4 Å². The largest absolute Gasteiger partial charge is 0.481 e. The first kappa shape index (κ1) is 19.7. The lowest BCUT2D eigenvalue weighted by molar-refractivity contribution is -0.139. The number of hydrogen-bond donors (Lipinski definition) is 2. The second kappa shape index (κ2) is 9.17. The molecule has 0 saturated heterocycles. The maximum Gasteiger partial charge on any atom is 0.341 e. The molecule has 0 aliphatic carbocycles. The molecular weight excluding hydrogens is 468 g/mol. The van der Waals surface area contributed by atoms with Crippen molar-refractivity contribution in [1.29, 1.82) is 5.26 Å². The molecule has 1 amide bonds. The third-order valence-electron chi connectivity index (χ3n) is 3.07. The van der Waals surface area contributed by atoms with Crippen molar-refractivity contribution in [2.24, 2.45) is 0 Å². The number of hydrogen-bond acceptors (Lipinski definition) is 4. The fourth-order valence-electron chi connectivity index (χ4n) is 1.97. The predicted octanol–water partition coefficient (Wildman–Crippen LogP) is 4.22. The highest BCUT2D eigenvalue weighted by molar-refractivity contribution is 9.10. The van der Waals surface area contributed by atoms with Crippen LogP contribution in [0.5, 0.6) is 5.75 Å². The van der Waals surface area contributed by atoms with E-state index in [0.29, 0.717) is 15.7 Å². The number of carboxylic acids is 1. The van der Waals surface area contributed by atoms with Gasteiger partial charge in [-0.05, 0) is 42.5 Å². The van der Waals surface area contributed by atoms with E-state index in [1.807, 2.05) is 12.1 Å². The summed E-state index contributed by atoms with van der Waals surface area (Å²) in [6.45, 7) is -0.533. The lowest BCUT2D eigenvalue weighted by Gasteiger charge is -2.09. The number of carbonyl (C=O) groups excluding carboxylic acids is 1. The van der Waals surface area contributed by atoms with Crippen LogP contribution in [0.2, 0.25) is 0 Å². The van der Waals surface area contributed by atoms with E-state index >= 15 is 0 Å². The van der Waals surface area contributed by atoms with Crippen LogP contribution in [0.3, 0.4) is 0 Å². The molecule has 0 unspecified atom stereocenters. The molecule has 8 heteroatoms. The molecule has 0 aromatic heterocycles. The zero-order chi connectivity index (χ0) is 19.1. The smallest absolute Gasteiger partial charge is 0.341 e. The highest BCUT2D eigenvalue weighted by Crippen LogP contribution is 2.26. The quantitative estimate of drug-likeness (QED) is 0.477. The fourth-order valence-corrected chi connectivity index (χ4v) is 2.75. The summed E-state index contributed by atoms with van der Waals surface area (Å²) in [4.78, 5) is 23.1. The predicted molar refractivity (Wildman–Crippen MR) is 104 cm³/mol. The second-order valence-electron chi connectivity index (χ2n) is 5.00. The lowest BCUT2D eigenvalue weighted by Crippen LogP contribution is -2.13. The fraction of sp³-hybridized carbons (Fsp3) is 0.0556. The minimum atomic E-state index is -1.13. The zero-order valence-electron chi connectivity index (χ0n) is 13.2. The van der Waals surface area contributed by atoms with Gasteiger partial charge in [0.2, 0.25) is 0 Å². The summed E-state index contributed by atoms with van der Waals surface area (Å²) in [5, 5.41) is 20.7. The molecule has 0 heterocycles. The highest BCUT2D eigenvalue weighted by atomic mass is 79.9. The molecule has 0 spiro atoms. The Morgan fingerprint density at radius 3 is 2.58 bits per heavy atom. The van der Waals surface area contributed by atoms with Gasteiger partial charge in [0, 0.05) is 20.2 Å². The van der Waals surface area contributed by atoms with E-state index in [-0.39, 0.29) is 11.3 Å². The van der Waals surface area contributed by atoms with Crippen LogP contribution in [0.4, 0.5) is 5.69 Å². The van der Waals surface area contributed by atoms with Gasteiger partial charge >= 0.3 is 5.97 Å². The van der Waals surface area contributed by atoms with Gasteiger partial charge in [0.25, 0.3) is 5.91 Å². The number of amides is 1. The van der Waals surface area contributed by atoms with Crippen LogP contribution < -0.4 is 10.1 Å². The molecule has 0 saturated carbocycles. The number of rotatable bonds is 6. The van der Waals surface area contributed by atoms with Crippen LogP contribution in [0.15, 0.2) is 57.0 Å². The summed E-state index contributed by atoms with van der Waals surface area (Å²) in [5.74, 6) is -1.47. The first-order valence-electron chi connectivity index (χ1n) is 7.22. The number of benzene rings is 2. The number of carbonyl (C=O) groups is 2. The number of nitrogens with one attached hydrogen (secondary N) is 1. The van der Waals surface area contributed by atoms with Crippen molar-refractivity contribution in [3.05, 3.63) is 62.5 Å². The van der Waals surface area contributed by atoms with Crippen LogP contribution in [-0.4, -0.2) is 23.6 Å². The van der Waals surface area contributed by atoms with Crippen molar-refractivity contribution in [3.8, 4) is 11.8 Å². The van der Waals surface area contributed by atoms with Gasteiger partial charge in [0.1, 0.15) is 17.4 Å². The van der Waals surface area contributed by atoms with E-state index in [2.05, 4.69) is 37.2 Å². The number of nitrogens with zero attached hydrogens (tertiary/aromatic N) is 1. The Labute approximate surface area is 166 Å². The van der Waals surface area contributed by atoms with Crippen LogP contribution in [0.1, 0.15) is 5.56 Å². The SMILES string of the molecule is N#C/C(=C/c1cc(Br)ccc1OCC(=O)O)C(=O)Nc1cccc(Br)c1. The van der Waals surface area contributed by atoms with E-state index in [4.69, 9.17) is 9.84 Å². The molecule has 2 N–H and O–H groups in total. The molecule has 2 aromatic rings. The van der Waals surface area contributed by atoms with Crippen molar-refractivity contribution in [1.82, 2.24) is 0 Å². The van der Waals surface area contributed by atoms with E-state index in [9.17, 15) is 14.9 Å². The molecule has 6 nitrogen and oxygen atoms in total. The third-order valence-corrected chi connectivity index (χ3v) is 4.06. The van der Waals surface area contributed by atoms with Crippen molar-refractivity contribution in [2.45, 2.75) is 0 Å². The van der Waals surface area contributed by atoms with Crippen molar-refractivity contribution in [2.75, 3.05) is 11.9 Å². The average Bonchev–Trinajstić information content (AvgIpc) is 2.58. The molecule has 0 radical (unpaired) electrons. The summed E-state index contributed by atoms with van der Waals surface area (Å²) >= 11 is 6.60. The van der Waals surface area contributed by atoms with Gasteiger partial charge in [0.05, 0.1) is 0 Å².